The van der Waals surface area contributed by atoms with Crippen molar-refractivity contribution in [2.24, 2.45) is 0 Å². The Kier molecular flexibility index (Phi) is 3.49. The first-order valence-corrected chi connectivity index (χ1v) is 7.01. The monoisotopic (exact) mass is 271 g/mol. The van der Waals surface area contributed by atoms with Crippen LogP contribution in [0.25, 0.3) is 11.3 Å². The third-order valence-electron chi connectivity index (χ3n) is 3.56. The highest BCUT2D eigenvalue weighted by molar-refractivity contribution is 5.64. The summed E-state index contributed by atoms with van der Waals surface area (Å²) in [6.07, 6.45) is 0.903. The largest absolute Gasteiger partial charge is 0.312 e. The fourth-order valence-corrected chi connectivity index (χ4v) is 2.49. The van der Waals surface area contributed by atoms with Crippen molar-refractivity contribution in [2.45, 2.75) is 32.7 Å². The molecule has 0 radical (unpaired) electrons. The number of hydrogen-bond donors (Lipinski definition) is 1. The van der Waals surface area contributed by atoms with Crippen LogP contribution in [-0.4, -0.2) is 16.5 Å². The second-order valence-corrected chi connectivity index (χ2v) is 5.45. The van der Waals surface area contributed by atoms with Gasteiger partial charge in [0.15, 0.2) is 0 Å². The lowest BCUT2D eigenvalue weighted by Gasteiger charge is -2.21. The highest BCUT2D eigenvalue weighted by Crippen LogP contribution is 2.27. The second-order valence-electron chi connectivity index (χ2n) is 5.45. The summed E-state index contributed by atoms with van der Waals surface area (Å²) in [5.41, 5.74) is 3.90. The molecule has 0 atom stereocenters. The molecule has 0 unspecified atom stereocenters. The van der Waals surface area contributed by atoms with Crippen molar-refractivity contribution in [1.82, 2.24) is 15.3 Å². The Morgan fingerprint density at radius 1 is 1.25 bits per heavy atom. The molecule has 0 amide bonds. The summed E-state index contributed by atoms with van der Waals surface area (Å²) < 4.78 is 13.5. The molecule has 1 aromatic heterocycles. The van der Waals surface area contributed by atoms with Crippen molar-refractivity contribution in [3.8, 4) is 11.3 Å². The first kappa shape index (κ1) is 13.2. The number of halogens is 1. The molecule has 0 aliphatic carbocycles. The molecule has 1 aromatic carbocycles. The number of fused-ring (bicyclic) bond motifs is 1. The quantitative estimate of drug-likeness (QED) is 0.912. The van der Waals surface area contributed by atoms with E-state index in [1.54, 1.807) is 12.1 Å². The fraction of sp³-hybridized carbons (Fsp3) is 0.375. The highest BCUT2D eigenvalue weighted by atomic mass is 19.1. The van der Waals surface area contributed by atoms with E-state index in [9.17, 15) is 4.39 Å². The van der Waals surface area contributed by atoms with Gasteiger partial charge in [0.05, 0.1) is 11.4 Å². The van der Waals surface area contributed by atoms with Gasteiger partial charge in [0.1, 0.15) is 11.6 Å². The van der Waals surface area contributed by atoms with Crippen molar-refractivity contribution < 1.29 is 4.39 Å². The van der Waals surface area contributed by atoms with E-state index in [4.69, 9.17) is 0 Å². The maximum Gasteiger partial charge on any atom is 0.131 e. The van der Waals surface area contributed by atoms with Crippen LogP contribution in [0.2, 0.25) is 0 Å². The minimum atomic E-state index is -0.232. The Morgan fingerprint density at radius 2 is 2.10 bits per heavy atom. The highest BCUT2D eigenvalue weighted by Gasteiger charge is 2.19. The topological polar surface area (TPSA) is 37.8 Å². The minimum Gasteiger partial charge on any atom is -0.312 e. The number of nitrogens with zero attached hydrogens (tertiary/aromatic N) is 2. The van der Waals surface area contributed by atoms with Crippen LogP contribution in [0, 0.1) is 5.82 Å². The van der Waals surface area contributed by atoms with Crippen molar-refractivity contribution in [3.63, 3.8) is 0 Å². The summed E-state index contributed by atoms with van der Waals surface area (Å²) in [6, 6.07) is 6.63. The normalized spacial score (nSPS) is 14.4. The molecule has 4 heteroatoms. The minimum absolute atomic E-state index is 0.232. The van der Waals surface area contributed by atoms with Gasteiger partial charge in [-0.15, -0.1) is 0 Å². The SMILES string of the molecule is CC(C)c1nc2c(c(-c3cccc(F)c3)n1)CNCC2. The Bertz CT molecular complexity index is 638. The molecule has 104 valence electrons. The number of rotatable bonds is 2. The zero-order valence-electron chi connectivity index (χ0n) is 11.8. The van der Waals surface area contributed by atoms with Crippen LogP contribution >= 0.6 is 0 Å². The molecule has 3 nitrogen and oxygen atoms in total. The standard InChI is InChI=1S/C16H18FN3/c1-10(2)16-19-14-6-7-18-9-13(14)15(20-16)11-4-3-5-12(17)8-11/h3-5,8,10,18H,6-7,9H2,1-2H3. The smallest absolute Gasteiger partial charge is 0.131 e. The van der Waals surface area contributed by atoms with Crippen LogP contribution in [-0.2, 0) is 13.0 Å². The zero-order chi connectivity index (χ0) is 14.1. The van der Waals surface area contributed by atoms with Crippen LogP contribution in [0.3, 0.4) is 0 Å². The molecular weight excluding hydrogens is 253 g/mol. The first-order valence-electron chi connectivity index (χ1n) is 7.01. The molecule has 0 spiro atoms. The average molecular weight is 271 g/mol. The molecule has 3 rings (SSSR count). The lowest BCUT2D eigenvalue weighted by atomic mass is 9.99. The second kappa shape index (κ2) is 5.29. The Labute approximate surface area is 118 Å². The van der Waals surface area contributed by atoms with E-state index in [2.05, 4.69) is 29.1 Å². The Hall–Kier alpha value is -1.81. The molecule has 0 bridgehead atoms. The van der Waals surface area contributed by atoms with Gasteiger partial charge in [-0.3, -0.25) is 0 Å². The van der Waals surface area contributed by atoms with Crippen molar-refractivity contribution in [2.75, 3.05) is 6.54 Å². The van der Waals surface area contributed by atoms with Gasteiger partial charge in [-0.1, -0.05) is 26.0 Å². The van der Waals surface area contributed by atoms with Gasteiger partial charge in [-0.05, 0) is 12.1 Å². The number of hydrogen-bond acceptors (Lipinski definition) is 3. The van der Waals surface area contributed by atoms with Gasteiger partial charge in [0, 0.05) is 36.6 Å². The summed E-state index contributed by atoms with van der Waals surface area (Å²) >= 11 is 0. The predicted octanol–water partition coefficient (Wildman–Crippen LogP) is 3.05. The van der Waals surface area contributed by atoms with E-state index >= 15 is 0 Å². The molecule has 20 heavy (non-hydrogen) atoms. The Morgan fingerprint density at radius 3 is 2.85 bits per heavy atom. The zero-order valence-corrected chi connectivity index (χ0v) is 11.8. The molecule has 1 N–H and O–H groups in total. The molecule has 1 aliphatic heterocycles. The molecule has 1 aliphatic rings. The van der Waals surface area contributed by atoms with Gasteiger partial charge in [0.2, 0.25) is 0 Å². The predicted molar refractivity (Wildman–Crippen MR) is 76.9 cm³/mol. The van der Waals surface area contributed by atoms with E-state index in [0.29, 0.717) is 0 Å². The number of nitrogens with one attached hydrogen (secondary N) is 1. The summed E-state index contributed by atoms with van der Waals surface area (Å²) in [6.45, 7) is 5.85. The summed E-state index contributed by atoms with van der Waals surface area (Å²) in [5, 5.41) is 3.34. The third-order valence-corrected chi connectivity index (χ3v) is 3.56. The van der Waals surface area contributed by atoms with Crippen molar-refractivity contribution in [1.29, 1.82) is 0 Å². The van der Waals surface area contributed by atoms with Crippen molar-refractivity contribution in [3.05, 3.63) is 47.2 Å². The average Bonchev–Trinajstić information content (AvgIpc) is 2.46. The summed E-state index contributed by atoms with van der Waals surface area (Å²) in [7, 11) is 0. The van der Waals surface area contributed by atoms with Crippen LogP contribution < -0.4 is 5.32 Å². The molecule has 0 saturated carbocycles. The lowest BCUT2D eigenvalue weighted by molar-refractivity contribution is 0.614. The van der Waals surface area contributed by atoms with Gasteiger partial charge < -0.3 is 5.32 Å². The fourth-order valence-electron chi connectivity index (χ4n) is 2.49. The van der Waals surface area contributed by atoms with Gasteiger partial charge in [-0.25, -0.2) is 14.4 Å². The Balaban J connectivity index is 2.19. The van der Waals surface area contributed by atoms with Crippen LogP contribution in [0.1, 0.15) is 36.8 Å². The van der Waals surface area contributed by atoms with E-state index < -0.39 is 0 Å². The summed E-state index contributed by atoms with van der Waals surface area (Å²) in [4.78, 5) is 9.36. The lowest BCUT2D eigenvalue weighted by Crippen LogP contribution is -2.26. The molecule has 2 aromatic rings. The van der Waals surface area contributed by atoms with Crippen LogP contribution in [0.4, 0.5) is 4.39 Å². The van der Waals surface area contributed by atoms with Gasteiger partial charge >= 0.3 is 0 Å². The van der Waals surface area contributed by atoms with Gasteiger partial charge in [0.25, 0.3) is 0 Å². The molecule has 0 saturated heterocycles. The van der Waals surface area contributed by atoms with E-state index in [0.717, 1.165) is 47.8 Å². The first-order chi connectivity index (χ1) is 9.65. The van der Waals surface area contributed by atoms with Crippen LogP contribution in [0.5, 0.6) is 0 Å². The van der Waals surface area contributed by atoms with Gasteiger partial charge in [-0.2, -0.15) is 0 Å². The maximum absolute atomic E-state index is 13.5. The summed E-state index contributed by atoms with van der Waals surface area (Å²) in [5.74, 6) is 0.872. The molecule has 2 heterocycles. The number of benzene rings is 1. The van der Waals surface area contributed by atoms with Crippen molar-refractivity contribution >= 4 is 0 Å². The number of aromatic nitrogens is 2. The molecule has 0 fully saturated rings. The van der Waals surface area contributed by atoms with E-state index in [1.807, 2.05) is 6.07 Å². The third kappa shape index (κ3) is 2.43. The molecular formula is C16H18FN3. The van der Waals surface area contributed by atoms with Crippen LogP contribution in [0.15, 0.2) is 24.3 Å². The van der Waals surface area contributed by atoms with E-state index in [1.165, 1.54) is 6.07 Å². The maximum atomic E-state index is 13.5. The van der Waals surface area contributed by atoms with E-state index in [-0.39, 0.29) is 11.7 Å².